The highest BCUT2D eigenvalue weighted by Gasteiger charge is 2.46. The minimum atomic E-state index is 0.411. The van der Waals surface area contributed by atoms with Crippen LogP contribution in [0.1, 0.15) is 37.1 Å². The molecule has 0 aromatic carbocycles. The molecule has 4 nitrogen and oxygen atoms in total. The summed E-state index contributed by atoms with van der Waals surface area (Å²) in [5, 5.41) is 7.87. The number of nitrogens with one attached hydrogen (secondary N) is 2. The maximum Gasteiger partial charge on any atom is 0.191 e. The van der Waals surface area contributed by atoms with Crippen molar-refractivity contribution in [1.82, 2.24) is 15.6 Å². The Morgan fingerprint density at radius 1 is 1.61 bits per heavy atom. The van der Waals surface area contributed by atoms with Gasteiger partial charge in [0.25, 0.3) is 0 Å². The Labute approximate surface area is 113 Å². The van der Waals surface area contributed by atoms with E-state index in [1.54, 1.807) is 11.3 Å². The summed E-state index contributed by atoms with van der Waals surface area (Å²) >= 11 is 1.76. The van der Waals surface area contributed by atoms with Gasteiger partial charge in [0, 0.05) is 24.2 Å². The highest BCUT2D eigenvalue weighted by molar-refractivity contribution is 7.11. The number of hydrogen-bond donors (Lipinski definition) is 2. The van der Waals surface area contributed by atoms with Crippen LogP contribution in [0.15, 0.2) is 11.2 Å². The van der Waals surface area contributed by atoms with Gasteiger partial charge in [-0.25, -0.2) is 4.98 Å². The summed E-state index contributed by atoms with van der Waals surface area (Å²) in [6.45, 7) is 7.44. The van der Waals surface area contributed by atoms with Crippen molar-refractivity contribution >= 4 is 17.3 Å². The number of aryl methyl sites for hydroxylation is 1. The molecule has 1 heterocycles. The summed E-state index contributed by atoms with van der Waals surface area (Å²) in [6, 6.07) is 0.547. The van der Waals surface area contributed by atoms with Crippen LogP contribution in [-0.2, 0) is 13.0 Å². The van der Waals surface area contributed by atoms with Crippen molar-refractivity contribution in [2.75, 3.05) is 7.05 Å². The molecule has 2 rings (SSSR count). The second kappa shape index (κ2) is 5.26. The zero-order chi connectivity index (χ0) is 13.2. The number of aromatic nitrogens is 1. The lowest BCUT2D eigenvalue weighted by molar-refractivity contribution is 0.589. The molecule has 0 radical (unpaired) electrons. The Balaban J connectivity index is 1.81. The van der Waals surface area contributed by atoms with E-state index in [0.717, 1.165) is 23.9 Å². The van der Waals surface area contributed by atoms with E-state index < -0.39 is 0 Å². The molecule has 1 aliphatic carbocycles. The second-order valence-corrected chi connectivity index (χ2v) is 6.59. The summed E-state index contributed by atoms with van der Waals surface area (Å²) in [5.74, 6) is 0.874. The van der Waals surface area contributed by atoms with E-state index in [1.807, 2.05) is 13.2 Å². The molecule has 0 bridgehead atoms. The Kier molecular flexibility index (Phi) is 3.90. The van der Waals surface area contributed by atoms with Crippen LogP contribution in [0, 0.1) is 5.41 Å². The Bertz CT molecular complexity index is 436. The fourth-order valence-electron chi connectivity index (χ4n) is 1.83. The normalized spacial score (nSPS) is 21.8. The minimum Gasteiger partial charge on any atom is -0.353 e. The zero-order valence-corrected chi connectivity index (χ0v) is 12.4. The van der Waals surface area contributed by atoms with Crippen LogP contribution in [0.5, 0.6) is 0 Å². The van der Waals surface area contributed by atoms with Gasteiger partial charge in [-0.05, 0) is 18.3 Å². The highest BCUT2D eigenvalue weighted by Crippen LogP contribution is 2.44. The smallest absolute Gasteiger partial charge is 0.191 e. The molecule has 1 aromatic heterocycles. The lowest BCUT2D eigenvalue weighted by Gasteiger charge is -2.12. The van der Waals surface area contributed by atoms with Crippen LogP contribution in [0.3, 0.4) is 0 Å². The fraction of sp³-hybridized carbons (Fsp3) is 0.692. The number of nitrogens with zero attached hydrogens (tertiary/aromatic N) is 2. The first-order valence-electron chi connectivity index (χ1n) is 6.46. The molecule has 1 aliphatic rings. The van der Waals surface area contributed by atoms with Crippen molar-refractivity contribution in [3.63, 3.8) is 0 Å². The van der Waals surface area contributed by atoms with Gasteiger partial charge in [-0.2, -0.15) is 0 Å². The summed E-state index contributed by atoms with van der Waals surface area (Å²) in [5.41, 5.74) is 0.411. The molecule has 1 aromatic rings. The summed E-state index contributed by atoms with van der Waals surface area (Å²) in [6.07, 6.45) is 4.23. The minimum absolute atomic E-state index is 0.411. The Hall–Kier alpha value is -1.10. The van der Waals surface area contributed by atoms with Crippen LogP contribution in [0.4, 0.5) is 0 Å². The lowest BCUT2D eigenvalue weighted by atomic mass is 10.2. The Morgan fingerprint density at radius 2 is 2.33 bits per heavy atom. The van der Waals surface area contributed by atoms with Gasteiger partial charge < -0.3 is 10.6 Å². The predicted molar refractivity (Wildman–Crippen MR) is 77.0 cm³/mol. The molecule has 1 saturated carbocycles. The molecule has 1 atom stereocenters. The van der Waals surface area contributed by atoms with Crippen LogP contribution >= 0.6 is 11.3 Å². The van der Waals surface area contributed by atoms with Gasteiger partial charge in [-0.1, -0.05) is 20.8 Å². The first kappa shape index (κ1) is 13.3. The van der Waals surface area contributed by atoms with E-state index in [9.17, 15) is 0 Å². The number of thiazole rings is 1. The summed E-state index contributed by atoms with van der Waals surface area (Å²) in [4.78, 5) is 9.97. The number of rotatable bonds is 4. The molecule has 5 heteroatoms. The molecule has 0 saturated heterocycles. The van der Waals surface area contributed by atoms with Crippen LogP contribution in [0.2, 0.25) is 0 Å². The quantitative estimate of drug-likeness (QED) is 0.648. The monoisotopic (exact) mass is 266 g/mol. The molecular formula is C13H22N4S. The SMILES string of the molecule is CCc1cnc(CNC(=NC)NC2CC2(C)C)s1. The van der Waals surface area contributed by atoms with E-state index in [1.165, 1.54) is 11.3 Å². The van der Waals surface area contributed by atoms with Crippen molar-refractivity contribution in [2.24, 2.45) is 10.4 Å². The lowest BCUT2D eigenvalue weighted by Crippen LogP contribution is -2.39. The van der Waals surface area contributed by atoms with Gasteiger partial charge in [0.05, 0.1) is 6.54 Å². The molecule has 100 valence electrons. The number of hydrogen-bond acceptors (Lipinski definition) is 3. The van der Waals surface area contributed by atoms with Gasteiger partial charge in [0.1, 0.15) is 5.01 Å². The average Bonchev–Trinajstić information content (AvgIpc) is 2.79. The maximum absolute atomic E-state index is 4.39. The van der Waals surface area contributed by atoms with Crippen molar-refractivity contribution in [3.8, 4) is 0 Å². The van der Waals surface area contributed by atoms with Crippen molar-refractivity contribution in [3.05, 3.63) is 16.1 Å². The molecule has 0 aliphatic heterocycles. The van der Waals surface area contributed by atoms with Gasteiger partial charge in [0.2, 0.25) is 0 Å². The van der Waals surface area contributed by atoms with Gasteiger partial charge in [-0.15, -0.1) is 11.3 Å². The first-order valence-corrected chi connectivity index (χ1v) is 7.27. The highest BCUT2D eigenvalue weighted by atomic mass is 32.1. The molecule has 1 unspecified atom stereocenters. The zero-order valence-electron chi connectivity index (χ0n) is 11.6. The largest absolute Gasteiger partial charge is 0.353 e. The van der Waals surface area contributed by atoms with Crippen molar-refractivity contribution in [1.29, 1.82) is 0 Å². The van der Waals surface area contributed by atoms with E-state index in [0.29, 0.717) is 11.5 Å². The van der Waals surface area contributed by atoms with Crippen molar-refractivity contribution in [2.45, 2.75) is 46.2 Å². The van der Waals surface area contributed by atoms with Gasteiger partial charge in [-0.3, -0.25) is 4.99 Å². The van der Waals surface area contributed by atoms with Crippen LogP contribution in [-0.4, -0.2) is 24.0 Å². The standard InChI is InChI=1S/C13H22N4S/c1-5-9-7-15-11(18-9)8-16-12(14-4)17-10-6-13(10,2)3/h7,10H,5-6,8H2,1-4H3,(H2,14,16,17). The molecule has 0 amide bonds. The van der Waals surface area contributed by atoms with E-state index in [2.05, 4.69) is 41.4 Å². The third-order valence-corrected chi connectivity index (χ3v) is 4.55. The van der Waals surface area contributed by atoms with E-state index in [4.69, 9.17) is 0 Å². The average molecular weight is 266 g/mol. The number of guanidine groups is 1. The van der Waals surface area contributed by atoms with Crippen LogP contribution < -0.4 is 10.6 Å². The van der Waals surface area contributed by atoms with Gasteiger partial charge >= 0.3 is 0 Å². The third-order valence-electron chi connectivity index (χ3n) is 3.40. The maximum atomic E-state index is 4.39. The molecule has 18 heavy (non-hydrogen) atoms. The molecular weight excluding hydrogens is 244 g/mol. The molecule has 2 N–H and O–H groups in total. The summed E-state index contributed by atoms with van der Waals surface area (Å²) < 4.78 is 0. The van der Waals surface area contributed by atoms with E-state index >= 15 is 0 Å². The van der Waals surface area contributed by atoms with E-state index in [-0.39, 0.29) is 0 Å². The topological polar surface area (TPSA) is 49.3 Å². The second-order valence-electron chi connectivity index (χ2n) is 5.39. The summed E-state index contributed by atoms with van der Waals surface area (Å²) in [7, 11) is 1.81. The fourth-order valence-corrected chi connectivity index (χ4v) is 2.63. The Morgan fingerprint density at radius 3 is 2.83 bits per heavy atom. The molecule has 0 spiro atoms. The van der Waals surface area contributed by atoms with Crippen molar-refractivity contribution < 1.29 is 0 Å². The van der Waals surface area contributed by atoms with Gasteiger partial charge in [0.15, 0.2) is 5.96 Å². The third kappa shape index (κ3) is 3.22. The number of aliphatic imine (C=N–C) groups is 1. The molecule has 1 fully saturated rings. The first-order chi connectivity index (χ1) is 8.55. The predicted octanol–water partition coefficient (Wildman–Crippen LogP) is 2.17. The van der Waals surface area contributed by atoms with Crippen LogP contribution in [0.25, 0.3) is 0 Å².